The molecule has 0 spiro atoms. The van der Waals surface area contributed by atoms with E-state index >= 15 is 0 Å². The van der Waals surface area contributed by atoms with Crippen molar-refractivity contribution in [1.82, 2.24) is 4.90 Å². The number of amides is 1. The zero-order chi connectivity index (χ0) is 19.2. The zero-order valence-electron chi connectivity index (χ0n) is 14.8. The van der Waals surface area contributed by atoms with Gasteiger partial charge in [0.05, 0.1) is 17.9 Å². The number of sulfonamides is 1. The summed E-state index contributed by atoms with van der Waals surface area (Å²) in [4.78, 5) is 14.6. The van der Waals surface area contributed by atoms with Crippen LogP contribution in [0.1, 0.15) is 34.8 Å². The van der Waals surface area contributed by atoms with Gasteiger partial charge in [-0.25, -0.2) is 8.42 Å². The molecule has 0 radical (unpaired) electrons. The van der Waals surface area contributed by atoms with Gasteiger partial charge in [-0.2, -0.15) is 5.26 Å². The van der Waals surface area contributed by atoms with E-state index in [2.05, 4.69) is 10.8 Å². The van der Waals surface area contributed by atoms with Crippen molar-refractivity contribution in [3.05, 3.63) is 65.2 Å². The van der Waals surface area contributed by atoms with Crippen molar-refractivity contribution in [1.29, 1.82) is 5.26 Å². The molecular formula is C19H21N3O3S. The summed E-state index contributed by atoms with van der Waals surface area (Å²) in [5.41, 5.74) is 2.27. The van der Waals surface area contributed by atoms with Crippen LogP contribution in [-0.2, 0) is 16.6 Å². The van der Waals surface area contributed by atoms with Gasteiger partial charge in [0, 0.05) is 24.3 Å². The summed E-state index contributed by atoms with van der Waals surface area (Å²) in [5, 5.41) is 8.87. The predicted molar refractivity (Wildman–Crippen MR) is 101 cm³/mol. The van der Waals surface area contributed by atoms with Gasteiger partial charge in [0.1, 0.15) is 0 Å². The number of nitriles is 1. The van der Waals surface area contributed by atoms with Crippen molar-refractivity contribution in [2.45, 2.75) is 19.9 Å². The summed E-state index contributed by atoms with van der Waals surface area (Å²) < 4.78 is 25.1. The molecule has 1 N–H and O–H groups in total. The van der Waals surface area contributed by atoms with E-state index in [1.165, 1.54) is 6.07 Å². The molecule has 0 saturated carbocycles. The van der Waals surface area contributed by atoms with Crippen LogP contribution in [-0.4, -0.2) is 32.0 Å². The Bertz CT molecular complexity index is 916. The van der Waals surface area contributed by atoms with Gasteiger partial charge in [-0.1, -0.05) is 25.1 Å². The van der Waals surface area contributed by atoms with Crippen molar-refractivity contribution in [2.24, 2.45) is 0 Å². The van der Waals surface area contributed by atoms with Crippen LogP contribution in [0.5, 0.6) is 0 Å². The van der Waals surface area contributed by atoms with Gasteiger partial charge in [0.15, 0.2) is 0 Å². The summed E-state index contributed by atoms with van der Waals surface area (Å²) in [6.45, 7) is 2.98. The fourth-order valence-corrected chi connectivity index (χ4v) is 3.09. The highest BCUT2D eigenvalue weighted by atomic mass is 32.2. The SMILES string of the molecule is CCCN(Cc1ccc(C#N)cc1)C(=O)c1cccc(NS(C)(=O)=O)c1. The van der Waals surface area contributed by atoms with E-state index < -0.39 is 10.0 Å². The first-order chi connectivity index (χ1) is 12.3. The molecule has 0 unspecified atom stereocenters. The van der Waals surface area contributed by atoms with Gasteiger partial charge in [0.25, 0.3) is 5.91 Å². The highest BCUT2D eigenvalue weighted by Gasteiger charge is 2.16. The molecule has 0 atom stereocenters. The largest absolute Gasteiger partial charge is 0.334 e. The quantitative estimate of drug-likeness (QED) is 0.810. The second-order valence-electron chi connectivity index (χ2n) is 5.99. The van der Waals surface area contributed by atoms with Gasteiger partial charge in [0.2, 0.25) is 10.0 Å². The molecule has 1 amide bonds. The van der Waals surface area contributed by atoms with Crippen LogP contribution >= 0.6 is 0 Å². The summed E-state index contributed by atoms with van der Waals surface area (Å²) in [5.74, 6) is -0.173. The molecule has 7 heteroatoms. The Morgan fingerprint density at radius 3 is 2.46 bits per heavy atom. The second-order valence-corrected chi connectivity index (χ2v) is 7.74. The summed E-state index contributed by atoms with van der Waals surface area (Å²) in [6, 6.07) is 15.6. The number of hydrogen-bond donors (Lipinski definition) is 1. The molecule has 2 aromatic rings. The summed E-state index contributed by atoms with van der Waals surface area (Å²) in [6.07, 6.45) is 1.86. The minimum Gasteiger partial charge on any atom is -0.334 e. The number of benzene rings is 2. The Labute approximate surface area is 154 Å². The second kappa shape index (κ2) is 8.50. The number of nitrogens with one attached hydrogen (secondary N) is 1. The van der Waals surface area contributed by atoms with E-state index in [-0.39, 0.29) is 5.91 Å². The van der Waals surface area contributed by atoms with Crippen molar-refractivity contribution in [3.8, 4) is 6.07 Å². The first-order valence-electron chi connectivity index (χ1n) is 8.18. The third kappa shape index (κ3) is 5.60. The molecule has 0 bridgehead atoms. The number of anilines is 1. The Balaban J connectivity index is 2.22. The van der Waals surface area contributed by atoms with Crippen molar-refractivity contribution in [2.75, 3.05) is 17.5 Å². The van der Waals surface area contributed by atoms with E-state index in [1.807, 2.05) is 19.1 Å². The van der Waals surface area contributed by atoms with Crippen molar-refractivity contribution >= 4 is 21.6 Å². The first kappa shape index (κ1) is 19.5. The van der Waals surface area contributed by atoms with Crippen LogP contribution in [0.25, 0.3) is 0 Å². The topological polar surface area (TPSA) is 90.3 Å². The van der Waals surface area contributed by atoms with Crippen LogP contribution in [0.3, 0.4) is 0 Å². The molecule has 0 heterocycles. The molecule has 6 nitrogen and oxygen atoms in total. The van der Waals surface area contributed by atoms with Crippen LogP contribution in [0.4, 0.5) is 5.69 Å². The van der Waals surface area contributed by atoms with Crippen molar-refractivity contribution in [3.63, 3.8) is 0 Å². The Hall–Kier alpha value is -2.85. The van der Waals surface area contributed by atoms with Crippen LogP contribution < -0.4 is 4.72 Å². The smallest absolute Gasteiger partial charge is 0.254 e. The third-order valence-corrected chi connectivity index (χ3v) is 4.26. The minimum absolute atomic E-state index is 0.173. The first-order valence-corrected chi connectivity index (χ1v) is 10.1. The lowest BCUT2D eigenvalue weighted by atomic mass is 10.1. The fourth-order valence-electron chi connectivity index (χ4n) is 2.54. The molecule has 0 aliphatic heterocycles. The van der Waals surface area contributed by atoms with E-state index in [0.717, 1.165) is 18.2 Å². The average molecular weight is 371 g/mol. The number of carbonyl (C=O) groups excluding carboxylic acids is 1. The van der Waals surface area contributed by atoms with Crippen LogP contribution in [0.2, 0.25) is 0 Å². The Morgan fingerprint density at radius 2 is 1.88 bits per heavy atom. The predicted octanol–water partition coefficient (Wildman–Crippen LogP) is 2.98. The van der Waals surface area contributed by atoms with Gasteiger partial charge in [-0.05, 0) is 42.3 Å². The lowest BCUT2D eigenvalue weighted by Gasteiger charge is -2.22. The van der Waals surface area contributed by atoms with Crippen LogP contribution in [0, 0.1) is 11.3 Å². The average Bonchev–Trinajstić information content (AvgIpc) is 2.60. The van der Waals surface area contributed by atoms with Crippen LogP contribution in [0.15, 0.2) is 48.5 Å². The van der Waals surface area contributed by atoms with Crippen molar-refractivity contribution < 1.29 is 13.2 Å². The van der Waals surface area contributed by atoms with E-state index in [4.69, 9.17) is 5.26 Å². The summed E-state index contributed by atoms with van der Waals surface area (Å²) >= 11 is 0. The Morgan fingerprint density at radius 1 is 1.19 bits per heavy atom. The monoisotopic (exact) mass is 371 g/mol. The minimum atomic E-state index is -3.41. The Kier molecular flexibility index (Phi) is 6.36. The van der Waals surface area contributed by atoms with Gasteiger partial charge < -0.3 is 4.90 Å². The molecule has 0 saturated heterocycles. The van der Waals surface area contributed by atoms with E-state index in [9.17, 15) is 13.2 Å². The van der Waals surface area contributed by atoms with Gasteiger partial charge in [-0.15, -0.1) is 0 Å². The highest BCUT2D eigenvalue weighted by Crippen LogP contribution is 2.16. The molecule has 2 aromatic carbocycles. The summed E-state index contributed by atoms with van der Waals surface area (Å²) in [7, 11) is -3.41. The highest BCUT2D eigenvalue weighted by molar-refractivity contribution is 7.92. The number of rotatable bonds is 7. The zero-order valence-corrected chi connectivity index (χ0v) is 15.6. The molecule has 136 valence electrons. The third-order valence-electron chi connectivity index (χ3n) is 3.65. The molecular weight excluding hydrogens is 350 g/mol. The maximum Gasteiger partial charge on any atom is 0.254 e. The normalized spacial score (nSPS) is 10.8. The van der Waals surface area contributed by atoms with E-state index in [0.29, 0.717) is 29.9 Å². The molecule has 2 rings (SSSR count). The van der Waals surface area contributed by atoms with E-state index in [1.54, 1.807) is 35.2 Å². The molecule has 0 aliphatic rings. The molecule has 26 heavy (non-hydrogen) atoms. The van der Waals surface area contributed by atoms with Gasteiger partial charge in [-0.3, -0.25) is 9.52 Å². The maximum atomic E-state index is 12.9. The lowest BCUT2D eigenvalue weighted by molar-refractivity contribution is 0.0743. The fraction of sp³-hybridized carbons (Fsp3) is 0.263. The standard InChI is InChI=1S/C19H21N3O3S/c1-3-11-22(14-16-9-7-15(13-20)8-10-16)19(23)17-5-4-6-18(12-17)21-26(2,24)25/h4-10,12,21H,3,11,14H2,1-2H3. The molecule has 0 fully saturated rings. The van der Waals surface area contributed by atoms with Gasteiger partial charge >= 0.3 is 0 Å². The molecule has 0 aromatic heterocycles. The number of carbonyl (C=O) groups is 1. The maximum absolute atomic E-state index is 12.9. The molecule has 0 aliphatic carbocycles. The lowest BCUT2D eigenvalue weighted by Crippen LogP contribution is -2.31. The number of hydrogen-bond acceptors (Lipinski definition) is 4. The number of nitrogens with zero attached hydrogens (tertiary/aromatic N) is 2.